The van der Waals surface area contributed by atoms with Crippen molar-refractivity contribution in [3.05, 3.63) is 45.0 Å². The number of anilines is 2. The number of hydrogen-bond donors (Lipinski definition) is 2. The molecule has 0 aromatic carbocycles. The van der Waals surface area contributed by atoms with Gasteiger partial charge in [0.15, 0.2) is 5.82 Å². The van der Waals surface area contributed by atoms with Crippen LogP contribution in [0.3, 0.4) is 0 Å². The Morgan fingerprint density at radius 1 is 1.36 bits per heavy atom. The van der Waals surface area contributed by atoms with Crippen molar-refractivity contribution in [3.8, 4) is 0 Å². The first-order valence-electron chi connectivity index (χ1n) is 7.28. The highest BCUT2D eigenvalue weighted by Crippen LogP contribution is 2.33. The van der Waals surface area contributed by atoms with E-state index in [0.717, 1.165) is 31.5 Å². The SMILES string of the molecule is Cc1nc(N)nc(N2CCC(c3cc[nH]c(=O)c3)CC2)c1Cl. The van der Waals surface area contributed by atoms with Crippen LogP contribution in [-0.4, -0.2) is 28.0 Å². The van der Waals surface area contributed by atoms with Gasteiger partial charge in [0.2, 0.25) is 11.5 Å². The summed E-state index contributed by atoms with van der Waals surface area (Å²) in [6.07, 6.45) is 3.60. The number of nitrogen functional groups attached to an aromatic ring is 1. The molecule has 1 saturated heterocycles. The van der Waals surface area contributed by atoms with Gasteiger partial charge in [0.05, 0.1) is 5.69 Å². The number of H-pyrrole nitrogens is 1. The second-order valence-electron chi connectivity index (χ2n) is 5.55. The van der Waals surface area contributed by atoms with E-state index in [1.807, 2.05) is 13.0 Å². The lowest BCUT2D eigenvalue weighted by molar-refractivity contribution is 0.502. The van der Waals surface area contributed by atoms with E-state index in [1.165, 1.54) is 0 Å². The number of aromatic nitrogens is 3. The van der Waals surface area contributed by atoms with Gasteiger partial charge in [0.25, 0.3) is 0 Å². The van der Waals surface area contributed by atoms with Gasteiger partial charge in [-0.3, -0.25) is 4.79 Å². The van der Waals surface area contributed by atoms with Gasteiger partial charge in [-0.05, 0) is 37.3 Å². The maximum absolute atomic E-state index is 11.4. The summed E-state index contributed by atoms with van der Waals surface area (Å²) in [4.78, 5) is 24.6. The lowest BCUT2D eigenvalue weighted by Gasteiger charge is -2.33. The van der Waals surface area contributed by atoms with Crippen molar-refractivity contribution in [3.63, 3.8) is 0 Å². The molecule has 0 aliphatic carbocycles. The highest BCUT2D eigenvalue weighted by atomic mass is 35.5. The van der Waals surface area contributed by atoms with Crippen LogP contribution in [0.1, 0.15) is 30.0 Å². The standard InChI is InChI=1S/C15H18ClN5O/c1-9-13(16)14(20-15(17)19-9)21-6-3-10(4-7-21)11-2-5-18-12(22)8-11/h2,5,8,10H,3-4,6-7H2,1H3,(H,18,22)(H2,17,19,20). The van der Waals surface area contributed by atoms with Crippen molar-refractivity contribution in [1.29, 1.82) is 0 Å². The summed E-state index contributed by atoms with van der Waals surface area (Å²) in [6.45, 7) is 3.48. The molecule has 3 rings (SSSR count). The minimum Gasteiger partial charge on any atom is -0.368 e. The molecule has 116 valence electrons. The van der Waals surface area contributed by atoms with Crippen LogP contribution in [0.15, 0.2) is 23.1 Å². The number of piperidine rings is 1. The molecule has 0 saturated carbocycles. The lowest BCUT2D eigenvalue weighted by Crippen LogP contribution is -2.34. The monoisotopic (exact) mass is 319 g/mol. The quantitative estimate of drug-likeness (QED) is 0.885. The van der Waals surface area contributed by atoms with Crippen molar-refractivity contribution in [2.24, 2.45) is 0 Å². The van der Waals surface area contributed by atoms with Gasteiger partial charge in [-0.1, -0.05) is 11.6 Å². The second-order valence-corrected chi connectivity index (χ2v) is 5.93. The molecule has 3 heterocycles. The summed E-state index contributed by atoms with van der Waals surface area (Å²) in [5.41, 5.74) is 7.46. The Labute approximate surface area is 133 Å². The lowest BCUT2D eigenvalue weighted by atomic mass is 9.90. The zero-order valence-corrected chi connectivity index (χ0v) is 13.1. The van der Waals surface area contributed by atoms with Crippen LogP contribution >= 0.6 is 11.6 Å². The number of pyridine rings is 1. The Hall–Kier alpha value is -2.08. The largest absolute Gasteiger partial charge is 0.368 e. The Morgan fingerprint density at radius 2 is 2.09 bits per heavy atom. The Morgan fingerprint density at radius 3 is 2.77 bits per heavy atom. The first-order valence-corrected chi connectivity index (χ1v) is 7.65. The molecule has 6 nitrogen and oxygen atoms in total. The molecular weight excluding hydrogens is 302 g/mol. The molecule has 0 unspecified atom stereocenters. The first-order chi connectivity index (χ1) is 10.5. The number of aromatic amines is 1. The minimum absolute atomic E-state index is 0.0535. The van der Waals surface area contributed by atoms with Crippen LogP contribution in [0.5, 0.6) is 0 Å². The van der Waals surface area contributed by atoms with Crippen LogP contribution < -0.4 is 16.2 Å². The fraction of sp³-hybridized carbons (Fsp3) is 0.400. The second kappa shape index (κ2) is 5.96. The van der Waals surface area contributed by atoms with Crippen molar-refractivity contribution >= 4 is 23.4 Å². The summed E-state index contributed by atoms with van der Waals surface area (Å²) in [6, 6.07) is 3.65. The molecule has 2 aromatic rings. The maximum atomic E-state index is 11.4. The predicted octanol–water partition coefficient (Wildman–Crippen LogP) is 2.09. The van der Waals surface area contributed by atoms with Gasteiger partial charge >= 0.3 is 0 Å². The average molecular weight is 320 g/mol. The molecule has 0 bridgehead atoms. The van der Waals surface area contributed by atoms with Crippen LogP contribution in [0.4, 0.5) is 11.8 Å². The summed E-state index contributed by atoms with van der Waals surface area (Å²) >= 11 is 6.31. The zero-order valence-electron chi connectivity index (χ0n) is 12.3. The van der Waals surface area contributed by atoms with Crippen molar-refractivity contribution in [2.75, 3.05) is 23.7 Å². The topological polar surface area (TPSA) is 87.9 Å². The first kappa shape index (κ1) is 14.8. The zero-order chi connectivity index (χ0) is 15.7. The maximum Gasteiger partial charge on any atom is 0.248 e. The molecule has 0 spiro atoms. The number of nitrogens with two attached hydrogens (primary N) is 1. The summed E-state index contributed by atoms with van der Waals surface area (Å²) in [5.74, 6) is 1.34. The molecule has 22 heavy (non-hydrogen) atoms. The van der Waals surface area contributed by atoms with Crippen LogP contribution in [0.25, 0.3) is 0 Å². The fourth-order valence-electron chi connectivity index (χ4n) is 2.91. The molecule has 1 aliphatic rings. The van der Waals surface area contributed by atoms with E-state index in [0.29, 0.717) is 22.5 Å². The summed E-state index contributed by atoms with van der Waals surface area (Å²) in [5, 5.41) is 0.559. The molecule has 1 fully saturated rings. The number of aryl methyl sites for hydroxylation is 1. The van der Waals surface area contributed by atoms with Gasteiger partial charge in [0, 0.05) is 25.4 Å². The Bertz CT molecular complexity index is 737. The molecule has 7 heteroatoms. The Kier molecular flexibility index (Phi) is 4.02. The number of nitrogens with one attached hydrogen (secondary N) is 1. The smallest absolute Gasteiger partial charge is 0.248 e. The fourth-order valence-corrected chi connectivity index (χ4v) is 3.12. The van der Waals surface area contributed by atoms with E-state index in [1.54, 1.807) is 12.3 Å². The molecule has 1 aliphatic heterocycles. The van der Waals surface area contributed by atoms with E-state index >= 15 is 0 Å². The van der Waals surface area contributed by atoms with E-state index < -0.39 is 0 Å². The number of nitrogens with zero attached hydrogens (tertiary/aromatic N) is 3. The Balaban J connectivity index is 1.76. The van der Waals surface area contributed by atoms with Crippen LogP contribution in [0.2, 0.25) is 5.02 Å². The van der Waals surface area contributed by atoms with E-state index in [-0.39, 0.29) is 11.5 Å². The van der Waals surface area contributed by atoms with Gasteiger partial charge in [-0.2, -0.15) is 4.98 Å². The van der Waals surface area contributed by atoms with Crippen LogP contribution in [0, 0.1) is 6.92 Å². The molecule has 0 radical (unpaired) electrons. The number of halogens is 1. The van der Waals surface area contributed by atoms with E-state index in [9.17, 15) is 4.79 Å². The number of hydrogen-bond acceptors (Lipinski definition) is 5. The van der Waals surface area contributed by atoms with Crippen molar-refractivity contribution in [1.82, 2.24) is 15.0 Å². The van der Waals surface area contributed by atoms with Crippen LogP contribution in [-0.2, 0) is 0 Å². The predicted molar refractivity (Wildman–Crippen MR) is 87.4 cm³/mol. The summed E-state index contributed by atoms with van der Waals surface area (Å²) in [7, 11) is 0. The molecular formula is C15H18ClN5O. The highest BCUT2D eigenvalue weighted by Gasteiger charge is 2.24. The summed E-state index contributed by atoms with van der Waals surface area (Å²) < 4.78 is 0. The minimum atomic E-state index is -0.0535. The molecule has 0 amide bonds. The van der Waals surface area contributed by atoms with E-state index in [2.05, 4.69) is 19.9 Å². The van der Waals surface area contributed by atoms with Crippen molar-refractivity contribution < 1.29 is 0 Å². The third-order valence-corrected chi connectivity index (χ3v) is 4.52. The number of rotatable bonds is 2. The van der Waals surface area contributed by atoms with Crippen molar-refractivity contribution in [2.45, 2.75) is 25.7 Å². The van der Waals surface area contributed by atoms with Gasteiger partial charge in [-0.15, -0.1) is 0 Å². The third kappa shape index (κ3) is 2.92. The third-order valence-electron chi connectivity index (χ3n) is 4.08. The van der Waals surface area contributed by atoms with E-state index in [4.69, 9.17) is 17.3 Å². The molecule has 2 aromatic heterocycles. The normalized spacial score (nSPS) is 16.0. The highest BCUT2D eigenvalue weighted by molar-refractivity contribution is 6.33. The van der Waals surface area contributed by atoms with Gasteiger partial charge in [0.1, 0.15) is 5.02 Å². The average Bonchev–Trinajstić information content (AvgIpc) is 2.51. The molecule has 0 atom stereocenters. The van der Waals surface area contributed by atoms with Gasteiger partial charge in [-0.25, -0.2) is 4.98 Å². The van der Waals surface area contributed by atoms with Gasteiger partial charge < -0.3 is 15.6 Å². The molecule has 3 N–H and O–H groups in total.